The van der Waals surface area contributed by atoms with Crippen LogP contribution in [0.4, 0.5) is 5.69 Å². The van der Waals surface area contributed by atoms with Crippen LogP contribution < -0.4 is 10.6 Å². The average Bonchev–Trinajstić information content (AvgIpc) is 3.32. The van der Waals surface area contributed by atoms with Crippen molar-refractivity contribution in [3.8, 4) is 5.82 Å². The molecule has 0 atom stereocenters. The summed E-state index contributed by atoms with van der Waals surface area (Å²) in [5.74, 6) is 1.50. The highest BCUT2D eigenvalue weighted by molar-refractivity contribution is 5.92. The molecule has 1 aliphatic carbocycles. The molecule has 0 bridgehead atoms. The Kier molecular flexibility index (Phi) is 6.97. The maximum atomic E-state index is 11.9. The van der Waals surface area contributed by atoms with Crippen LogP contribution in [-0.4, -0.2) is 33.5 Å². The normalized spacial score (nSPS) is 12.9. The number of pyridine rings is 1. The zero-order chi connectivity index (χ0) is 16.4. The summed E-state index contributed by atoms with van der Waals surface area (Å²) in [6.07, 6.45) is 5.99. The van der Waals surface area contributed by atoms with Crippen LogP contribution in [0.5, 0.6) is 0 Å². The number of rotatable bonds is 6. The van der Waals surface area contributed by atoms with Crippen molar-refractivity contribution in [1.82, 2.24) is 19.9 Å². The van der Waals surface area contributed by atoms with Crippen LogP contribution in [0, 0.1) is 5.92 Å². The van der Waals surface area contributed by atoms with Gasteiger partial charge in [0.25, 0.3) is 0 Å². The fraction of sp³-hybridized carbons (Fsp3) is 0.278. The molecule has 0 spiro atoms. The standard InChI is InChI=1S/C18H19N5O.2ClH/c24-18(11-19-9-13-5-6-13)22-14-7-8-17(20-10-14)23-12-21-15-3-1-2-4-16(15)23;;/h1-4,7-8,10,12-13,19H,5-6,9,11H2,(H,22,24);2*1H. The number of carbonyl (C=O) groups is 1. The Morgan fingerprint density at radius 2 is 1.92 bits per heavy atom. The van der Waals surface area contributed by atoms with Gasteiger partial charge in [0.05, 0.1) is 29.5 Å². The van der Waals surface area contributed by atoms with Gasteiger partial charge >= 0.3 is 0 Å². The molecule has 1 saturated carbocycles. The first-order valence-electron chi connectivity index (χ1n) is 8.19. The first-order chi connectivity index (χ1) is 11.8. The predicted octanol–water partition coefficient (Wildman–Crippen LogP) is 3.20. The summed E-state index contributed by atoms with van der Waals surface area (Å²) >= 11 is 0. The van der Waals surface area contributed by atoms with Gasteiger partial charge in [-0.3, -0.25) is 9.36 Å². The van der Waals surface area contributed by atoms with E-state index in [1.54, 1.807) is 12.5 Å². The van der Waals surface area contributed by atoms with Gasteiger partial charge in [0.1, 0.15) is 12.1 Å². The number of nitrogens with zero attached hydrogens (tertiary/aromatic N) is 3. The lowest BCUT2D eigenvalue weighted by molar-refractivity contribution is -0.115. The number of para-hydroxylation sites is 2. The minimum absolute atomic E-state index is 0. The number of carbonyl (C=O) groups excluding carboxylic acids is 1. The minimum Gasteiger partial charge on any atom is -0.324 e. The van der Waals surface area contributed by atoms with E-state index in [0.29, 0.717) is 12.2 Å². The summed E-state index contributed by atoms with van der Waals surface area (Å²) in [5.41, 5.74) is 2.63. The quantitative estimate of drug-likeness (QED) is 0.674. The lowest BCUT2D eigenvalue weighted by Gasteiger charge is -2.08. The summed E-state index contributed by atoms with van der Waals surface area (Å²) in [5, 5.41) is 6.03. The fourth-order valence-corrected chi connectivity index (χ4v) is 2.66. The van der Waals surface area contributed by atoms with Crippen LogP contribution >= 0.6 is 24.8 Å². The molecule has 1 aliphatic rings. The van der Waals surface area contributed by atoms with Gasteiger partial charge in [-0.1, -0.05) is 12.1 Å². The largest absolute Gasteiger partial charge is 0.324 e. The highest BCUT2D eigenvalue weighted by Gasteiger charge is 2.20. The molecule has 1 aromatic carbocycles. The number of halogens is 2. The number of anilines is 1. The van der Waals surface area contributed by atoms with Gasteiger partial charge in [0.15, 0.2) is 0 Å². The van der Waals surface area contributed by atoms with E-state index in [-0.39, 0.29) is 30.7 Å². The Morgan fingerprint density at radius 1 is 1.12 bits per heavy atom. The van der Waals surface area contributed by atoms with E-state index in [1.807, 2.05) is 41.0 Å². The molecule has 2 aromatic heterocycles. The Hall–Kier alpha value is -2.15. The molecule has 8 heteroatoms. The zero-order valence-electron chi connectivity index (χ0n) is 14.1. The number of hydrogen-bond acceptors (Lipinski definition) is 4. The van der Waals surface area contributed by atoms with Crippen LogP contribution in [0.25, 0.3) is 16.9 Å². The van der Waals surface area contributed by atoms with Crippen molar-refractivity contribution in [1.29, 1.82) is 0 Å². The van der Waals surface area contributed by atoms with Crippen molar-refractivity contribution in [2.24, 2.45) is 5.92 Å². The fourth-order valence-electron chi connectivity index (χ4n) is 2.66. The van der Waals surface area contributed by atoms with Gasteiger partial charge in [-0.15, -0.1) is 24.8 Å². The molecule has 3 aromatic rings. The van der Waals surface area contributed by atoms with E-state index in [1.165, 1.54) is 12.8 Å². The molecule has 0 aliphatic heterocycles. The third-order valence-corrected chi connectivity index (χ3v) is 4.15. The Labute approximate surface area is 164 Å². The summed E-state index contributed by atoms with van der Waals surface area (Å²) in [7, 11) is 0. The number of aromatic nitrogens is 3. The number of hydrogen-bond donors (Lipinski definition) is 2. The van der Waals surface area contributed by atoms with Gasteiger partial charge in [-0.2, -0.15) is 0 Å². The first-order valence-corrected chi connectivity index (χ1v) is 8.19. The van der Waals surface area contributed by atoms with E-state index in [2.05, 4.69) is 20.6 Å². The molecule has 4 rings (SSSR count). The number of nitrogens with one attached hydrogen (secondary N) is 2. The number of amides is 1. The second-order valence-corrected chi connectivity index (χ2v) is 6.13. The molecule has 0 unspecified atom stereocenters. The Morgan fingerprint density at radius 3 is 2.65 bits per heavy atom. The predicted molar refractivity (Wildman–Crippen MR) is 108 cm³/mol. The van der Waals surface area contributed by atoms with Crippen molar-refractivity contribution < 1.29 is 4.79 Å². The Bertz CT molecular complexity index is 861. The molecule has 0 radical (unpaired) electrons. The van der Waals surface area contributed by atoms with Crippen molar-refractivity contribution in [2.45, 2.75) is 12.8 Å². The molecular weight excluding hydrogens is 373 g/mol. The molecule has 138 valence electrons. The van der Waals surface area contributed by atoms with Crippen LogP contribution in [0.15, 0.2) is 48.9 Å². The minimum atomic E-state index is -0.0433. The number of imidazole rings is 1. The highest BCUT2D eigenvalue weighted by atomic mass is 35.5. The molecule has 2 N–H and O–H groups in total. The molecular formula is C18H21Cl2N5O. The maximum Gasteiger partial charge on any atom is 0.238 e. The van der Waals surface area contributed by atoms with E-state index in [4.69, 9.17) is 0 Å². The second kappa shape index (κ2) is 8.98. The molecule has 1 amide bonds. The van der Waals surface area contributed by atoms with E-state index in [0.717, 1.165) is 29.3 Å². The first kappa shape index (κ1) is 20.2. The molecule has 2 heterocycles. The number of fused-ring (bicyclic) bond motifs is 1. The smallest absolute Gasteiger partial charge is 0.238 e. The van der Waals surface area contributed by atoms with Crippen LogP contribution in [0.1, 0.15) is 12.8 Å². The summed E-state index contributed by atoms with van der Waals surface area (Å²) < 4.78 is 1.93. The van der Waals surface area contributed by atoms with Crippen LogP contribution in [0.3, 0.4) is 0 Å². The van der Waals surface area contributed by atoms with E-state index >= 15 is 0 Å². The average molecular weight is 394 g/mol. The van der Waals surface area contributed by atoms with Gasteiger partial charge in [0, 0.05) is 0 Å². The van der Waals surface area contributed by atoms with E-state index in [9.17, 15) is 4.79 Å². The highest BCUT2D eigenvalue weighted by Crippen LogP contribution is 2.27. The summed E-state index contributed by atoms with van der Waals surface area (Å²) in [6, 6.07) is 11.6. The lowest BCUT2D eigenvalue weighted by atomic mass is 10.3. The van der Waals surface area contributed by atoms with Crippen molar-refractivity contribution in [2.75, 3.05) is 18.4 Å². The van der Waals surface area contributed by atoms with Crippen molar-refractivity contribution in [3.05, 3.63) is 48.9 Å². The SMILES string of the molecule is Cl.Cl.O=C(CNCC1CC1)Nc1ccc(-n2cnc3ccccc32)nc1. The molecule has 6 nitrogen and oxygen atoms in total. The van der Waals surface area contributed by atoms with Crippen molar-refractivity contribution >= 4 is 47.4 Å². The van der Waals surface area contributed by atoms with Gasteiger partial charge in [-0.25, -0.2) is 9.97 Å². The van der Waals surface area contributed by atoms with Gasteiger partial charge in [-0.05, 0) is 49.6 Å². The van der Waals surface area contributed by atoms with E-state index < -0.39 is 0 Å². The molecule has 0 saturated heterocycles. The topological polar surface area (TPSA) is 71.8 Å². The third kappa shape index (κ3) is 4.72. The number of benzene rings is 1. The Balaban J connectivity index is 0.00000121. The lowest BCUT2D eigenvalue weighted by Crippen LogP contribution is -2.29. The zero-order valence-corrected chi connectivity index (χ0v) is 15.7. The summed E-state index contributed by atoms with van der Waals surface area (Å²) in [6.45, 7) is 1.27. The van der Waals surface area contributed by atoms with Crippen LogP contribution in [-0.2, 0) is 4.79 Å². The molecule has 1 fully saturated rings. The van der Waals surface area contributed by atoms with Crippen molar-refractivity contribution in [3.63, 3.8) is 0 Å². The molecule has 26 heavy (non-hydrogen) atoms. The monoisotopic (exact) mass is 393 g/mol. The van der Waals surface area contributed by atoms with Gasteiger partial charge in [0.2, 0.25) is 5.91 Å². The second-order valence-electron chi connectivity index (χ2n) is 6.13. The van der Waals surface area contributed by atoms with Crippen LogP contribution in [0.2, 0.25) is 0 Å². The summed E-state index contributed by atoms with van der Waals surface area (Å²) in [4.78, 5) is 20.7. The maximum absolute atomic E-state index is 11.9. The van der Waals surface area contributed by atoms with Gasteiger partial charge < -0.3 is 10.6 Å². The third-order valence-electron chi connectivity index (χ3n) is 4.15.